The van der Waals surface area contributed by atoms with Crippen molar-refractivity contribution in [2.24, 2.45) is 0 Å². The molecule has 0 aliphatic heterocycles. The molecule has 30 heavy (non-hydrogen) atoms. The molecule has 0 saturated heterocycles. The lowest BCUT2D eigenvalue weighted by Crippen LogP contribution is -2.32. The first kappa shape index (κ1) is 21.2. The van der Waals surface area contributed by atoms with Crippen LogP contribution in [0.3, 0.4) is 0 Å². The third-order valence-corrected chi connectivity index (χ3v) is 4.87. The molecule has 0 saturated carbocycles. The number of hydrogen-bond donors (Lipinski definition) is 2. The van der Waals surface area contributed by atoms with E-state index in [1.165, 1.54) is 21.3 Å². The number of urea groups is 1. The Balaban J connectivity index is 1.47. The molecule has 158 valence electrons. The zero-order valence-corrected chi connectivity index (χ0v) is 17.6. The number of nitrogens with zero attached hydrogens (tertiary/aromatic N) is 2. The molecule has 0 unspecified atom stereocenters. The predicted octanol–water partition coefficient (Wildman–Crippen LogP) is 3.43. The second-order valence-corrected chi connectivity index (χ2v) is 6.83. The van der Waals surface area contributed by atoms with E-state index in [1.54, 1.807) is 29.5 Å². The van der Waals surface area contributed by atoms with Gasteiger partial charge in [-0.15, -0.1) is 21.5 Å². The average molecular weight is 430 g/mol. The van der Waals surface area contributed by atoms with E-state index in [4.69, 9.17) is 18.9 Å². The second-order valence-electron chi connectivity index (χ2n) is 5.88. The third kappa shape index (κ3) is 5.29. The molecule has 9 nitrogen and oxygen atoms in total. The zero-order chi connectivity index (χ0) is 21.3. The van der Waals surface area contributed by atoms with Crippen LogP contribution in [0.15, 0.2) is 41.8 Å². The van der Waals surface area contributed by atoms with Crippen LogP contribution in [0.2, 0.25) is 0 Å². The fraction of sp³-hybridized carbons (Fsp3) is 0.250. The van der Waals surface area contributed by atoms with Gasteiger partial charge in [0.25, 0.3) is 0 Å². The molecule has 10 heteroatoms. The Hall–Kier alpha value is -3.53. The molecule has 0 bridgehead atoms. The van der Waals surface area contributed by atoms with Crippen molar-refractivity contribution in [2.75, 3.05) is 39.8 Å². The van der Waals surface area contributed by atoms with E-state index in [2.05, 4.69) is 20.8 Å². The van der Waals surface area contributed by atoms with Crippen LogP contribution in [0.4, 0.5) is 10.5 Å². The van der Waals surface area contributed by atoms with Gasteiger partial charge in [-0.05, 0) is 17.5 Å². The fourth-order valence-corrected chi connectivity index (χ4v) is 3.29. The lowest BCUT2D eigenvalue weighted by atomic mass is 10.2. The van der Waals surface area contributed by atoms with E-state index in [9.17, 15) is 4.79 Å². The van der Waals surface area contributed by atoms with Crippen LogP contribution in [0, 0.1) is 0 Å². The van der Waals surface area contributed by atoms with Crippen LogP contribution in [0.1, 0.15) is 0 Å². The van der Waals surface area contributed by atoms with Gasteiger partial charge in [-0.25, -0.2) is 4.79 Å². The largest absolute Gasteiger partial charge is 0.493 e. The Morgan fingerprint density at radius 3 is 2.37 bits per heavy atom. The van der Waals surface area contributed by atoms with Gasteiger partial charge >= 0.3 is 6.03 Å². The first-order chi connectivity index (χ1) is 14.6. The number of benzene rings is 1. The molecule has 2 N–H and O–H groups in total. The van der Waals surface area contributed by atoms with Crippen LogP contribution < -0.4 is 29.6 Å². The van der Waals surface area contributed by atoms with Crippen molar-refractivity contribution in [3.63, 3.8) is 0 Å². The van der Waals surface area contributed by atoms with Crippen molar-refractivity contribution in [3.05, 3.63) is 41.8 Å². The summed E-state index contributed by atoms with van der Waals surface area (Å²) >= 11 is 1.59. The summed E-state index contributed by atoms with van der Waals surface area (Å²) in [5.41, 5.74) is 1.29. The molecule has 2 amide bonds. The number of aromatic nitrogens is 2. The molecule has 0 aliphatic carbocycles. The minimum absolute atomic E-state index is 0.246. The number of nitrogens with one attached hydrogen (secondary N) is 2. The summed E-state index contributed by atoms with van der Waals surface area (Å²) in [6.45, 7) is 0.528. The number of hydrogen-bond acceptors (Lipinski definition) is 8. The molecular weight excluding hydrogens is 408 g/mol. The molecule has 3 aromatic rings. The molecule has 0 atom stereocenters. The Labute approximate surface area is 177 Å². The van der Waals surface area contributed by atoms with Gasteiger partial charge < -0.3 is 29.6 Å². The number of carbonyl (C=O) groups excluding carboxylic acids is 1. The van der Waals surface area contributed by atoms with Gasteiger partial charge in [0.15, 0.2) is 11.5 Å². The first-order valence-corrected chi connectivity index (χ1v) is 9.88. The molecule has 2 aromatic heterocycles. The van der Waals surface area contributed by atoms with Crippen molar-refractivity contribution < 1.29 is 23.7 Å². The van der Waals surface area contributed by atoms with Gasteiger partial charge in [0.2, 0.25) is 11.6 Å². The summed E-state index contributed by atoms with van der Waals surface area (Å²) in [6, 6.07) is 10.4. The van der Waals surface area contributed by atoms with Crippen molar-refractivity contribution in [2.45, 2.75) is 0 Å². The van der Waals surface area contributed by atoms with Gasteiger partial charge in [0.1, 0.15) is 12.3 Å². The first-order valence-electron chi connectivity index (χ1n) is 9.00. The highest BCUT2D eigenvalue weighted by Crippen LogP contribution is 2.39. The molecule has 0 aliphatic rings. The van der Waals surface area contributed by atoms with Gasteiger partial charge in [-0.3, -0.25) is 0 Å². The van der Waals surface area contributed by atoms with Crippen molar-refractivity contribution >= 4 is 23.1 Å². The van der Waals surface area contributed by atoms with E-state index >= 15 is 0 Å². The molecule has 1 aromatic carbocycles. The van der Waals surface area contributed by atoms with E-state index in [0.29, 0.717) is 28.8 Å². The van der Waals surface area contributed by atoms with E-state index < -0.39 is 6.03 Å². The van der Waals surface area contributed by atoms with Crippen LogP contribution in [-0.4, -0.2) is 50.7 Å². The standard InChI is InChI=1S/C20H22N4O5S/c1-26-15-11-13(12-16(27-2)19(15)28-3)22-20(25)21-8-9-29-18-7-6-14(23-24-18)17-5-4-10-30-17/h4-7,10-12H,8-9H2,1-3H3,(H2,21,22,25). The summed E-state index contributed by atoms with van der Waals surface area (Å²) < 4.78 is 21.3. The van der Waals surface area contributed by atoms with Crippen LogP contribution >= 0.6 is 11.3 Å². The van der Waals surface area contributed by atoms with Crippen LogP contribution in [0.5, 0.6) is 23.1 Å². The highest BCUT2D eigenvalue weighted by Gasteiger charge is 2.14. The van der Waals surface area contributed by atoms with E-state index in [-0.39, 0.29) is 13.2 Å². The minimum Gasteiger partial charge on any atom is -0.493 e. The van der Waals surface area contributed by atoms with Crippen molar-refractivity contribution in [1.82, 2.24) is 15.5 Å². The number of ether oxygens (including phenoxy) is 4. The van der Waals surface area contributed by atoms with Crippen molar-refractivity contribution in [1.29, 1.82) is 0 Å². The second kappa shape index (κ2) is 10.3. The van der Waals surface area contributed by atoms with E-state index in [0.717, 1.165) is 10.6 Å². The molecule has 0 spiro atoms. The fourth-order valence-electron chi connectivity index (χ4n) is 2.60. The maximum atomic E-state index is 12.1. The Kier molecular flexibility index (Phi) is 7.28. The van der Waals surface area contributed by atoms with Gasteiger partial charge in [0.05, 0.1) is 38.4 Å². The summed E-state index contributed by atoms with van der Waals surface area (Å²) in [7, 11) is 4.53. The van der Waals surface area contributed by atoms with Gasteiger partial charge in [-0.1, -0.05) is 6.07 Å². The summed E-state index contributed by atoms with van der Waals surface area (Å²) in [5, 5.41) is 15.6. The summed E-state index contributed by atoms with van der Waals surface area (Å²) in [4.78, 5) is 13.2. The minimum atomic E-state index is -0.396. The average Bonchev–Trinajstić information content (AvgIpc) is 3.31. The number of methoxy groups -OCH3 is 3. The highest BCUT2D eigenvalue weighted by atomic mass is 32.1. The lowest BCUT2D eigenvalue weighted by Gasteiger charge is -2.15. The maximum Gasteiger partial charge on any atom is 0.319 e. The van der Waals surface area contributed by atoms with Crippen molar-refractivity contribution in [3.8, 4) is 33.7 Å². The third-order valence-electron chi connectivity index (χ3n) is 3.97. The Morgan fingerprint density at radius 2 is 1.80 bits per heavy atom. The number of thiophene rings is 1. The monoisotopic (exact) mass is 430 g/mol. The lowest BCUT2D eigenvalue weighted by molar-refractivity contribution is 0.246. The smallest absolute Gasteiger partial charge is 0.319 e. The molecule has 0 radical (unpaired) electrons. The number of carbonyl (C=O) groups is 1. The molecule has 0 fully saturated rings. The number of anilines is 1. The maximum absolute atomic E-state index is 12.1. The van der Waals surface area contributed by atoms with Crippen LogP contribution in [-0.2, 0) is 0 Å². The molecule has 2 heterocycles. The zero-order valence-electron chi connectivity index (χ0n) is 16.8. The number of rotatable bonds is 9. The van der Waals surface area contributed by atoms with Crippen LogP contribution in [0.25, 0.3) is 10.6 Å². The Bertz CT molecular complexity index is 939. The topological polar surface area (TPSA) is 104 Å². The van der Waals surface area contributed by atoms with Gasteiger partial charge in [0, 0.05) is 18.2 Å². The molecular formula is C20H22N4O5S. The SMILES string of the molecule is COc1cc(NC(=O)NCCOc2ccc(-c3cccs3)nn2)cc(OC)c1OC. The van der Waals surface area contributed by atoms with Gasteiger partial charge in [-0.2, -0.15) is 0 Å². The molecule has 3 rings (SSSR count). The number of amides is 2. The highest BCUT2D eigenvalue weighted by molar-refractivity contribution is 7.13. The quantitative estimate of drug-likeness (QED) is 0.501. The summed E-state index contributed by atoms with van der Waals surface area (Å²) in [5.74, 6) is 1.73. The van der Waals surface area contributed by atoms with E-state index in [1.807, 2.05) is 23.6 Å². The predicted molar refractivity (Wildman–Crippen MR) is 114 cm³/mol. The Morgan fingerprint density at radius 1 is 1.03 bits per heavy atom. The normalized spacial score (nSPS) is 10.2. The summed E-state index contributed by atoms with van der Waals surface area (Å²) in [6.07, 6.45) is 0.